The second-order valence-electron chi connectivity index (χ2n) is 5.49. The van der Waals surface area contributed by atoms with Gasteiger partial charge in [-0.3, -0.25) is 0 Å². The van der Waals surface area contributed by atoms with Crippen LogP contribution in [0.25, 0.3) is 5.78 Å². The number of rotatable bonds is 2. The number of piperidine rings is 1. The summed E-state index contributed by atoms with van der Waals surface area (Å²) in [5.74, 6) is 1.53. The molecule has 3 rings (SSSR count). The Morgan fingerprint density at radius 1 is 1.45 bits per heavy atom. The lowest BCUT2D eigenvalue weighted by Gasteiger charge is -2.37. The number of hydrogen-bond acceptors (Lipinski definition) is 5. The summed E-state index contributed by atoms with van der Waals surface area (Å²) < 4.78 is 1.77. The highest BCUT2D eigenvalue weighted by Crippen LogP contribution is 2.28. The molecule has 1 unspecified atom stereocenters. The van der Waals surface area contributed by atoms with Gasteiger partial charge in [-0.05, 0) is 33.4 Å². The minimum absolute atomic E-state index is 0.457. The monoisotopic (exact) mass is 294 g/mol. The molecule has 1 fully saturated rings. The van der Waals surface area contributed by atoms with E-state index in [2.05, 4.69) is 39.0 Å². The van der Waals surface area contributed by atoms with Gasteiger partial charge in [0.15, 0.2) is 0 Å². The molecule has 1 saturated heterocycles. The van der Waals surface area contributed by atoms with Gasteiger partial charge in [0.2, 0.25) is 0 Å². The maximum Gasteiger partial charge on any atom is 0.255 e. The Kier molecular flexibility index (Phi) is 3.52. The fourth-order valence-electron chi connectivity index (χ4n) is 2.93. The van der Waals surface area contributed by atoms with Crippen LogP contribution in [0.5, 0.6) is 0 Å². The van der Waals surface area contributed by atoms with Crippen LogP contribution in [0.1, 0.15) is 18.4 Å². The topological polar surface area (TPSA) is 49.6 Å². The molecule has 7 heteroatoms. The summed E-state index contributed by atoms with van der Waals surface area (Å²) in [5.41, 5.74) is 0.945. The highest BCUT2D eigenvalue weighted by atomic mass is 35.5. The van der Waals surface area contributed by atoms with Gasteiger partial charge >= 0.3 is 0 Å². The van der Waals surface area contributed by atoms with Crippen LogP contribution in [-0.2, 0) is 0 Å². The third-order valence-corrected chi connectivity index (χ3v) is 4.42. The zero-order chi connectivity index (χ0) is 14.3. The van der Waals surface area contributed by atoms with Gasteiger partial charge in [-0.15, -0.1) is 0 Å². The molecule has 1 aliphatic rings. The number of halogens is 1. The Morgan fingerprint density at radius 3 is 3.00 bits per heavy atom. The quantitative estimate of drug-likeness (QED) is 0.788. The van der Waals surface area contributed by atoms with Gasteiger partial charge in [0, 0.05) is 25.2 Å². The molecule has 0 N–H and O–H groups in total. The maximum absolute atomic E-state index is 6.23. The van der Waals surface area contributed by atoms with Crippen molar-refractivity contribution in [2.75, 3.05) is 32.1 Å². The molecule has 0 spiro atoms. The van der Waals surface area contributed by atoms with Crippen LogP contribution in [-0.4, -0.2) is 57.7 Å². The van der Waals surface area contributed by atoms with Gasteiger partial charge in [-0.25, -0.2) is 0 Å². The molecular weight excluding hydrogens is 276 g/mol. The number of anilines is 1. The molecule has 108 valence electrons. The van der Waals surface area contributed by atoms with E-state index >= 15 is 0 Å². The third kappa shape index (κ3) is 2.23. The Balaban J connectivity index is 2.04. The molecule has 2 aromatic heterocycles. The minimum atomic E-state index is 0.457. The van der Waals surface area contributed by atoms with Crippen molar-refractivity contribution in [1.82, 2.24) is 24.5 Å². The van der Waals surface area contributed by atoms with Crippen LogP contribution >= 0.6 is 11.6 Å². The molecule has 2 aromatic rings. The average Bonchev–Trinajstić information content (AvgIpc) is 2.87. The zero-order valence-corrected chi connectivity index (χ0v) is 12.8. The summed E-state index contributed by atoms with van der Waals surface area (Å²) in [6, 6.07) is 0.457. The summed E-state index contributed by atoms with van der Waals surface area (Å²) in [6.07, 6.45) is 3.91. The van der Waals surface area contributed by atoms with Gasteiger partial charge in [0.1, 0.15) is 17.3 Å². The van der Waals surface area contributed by atoms with Crippen LogP contribution < -0.4 is 4.90 Å². The van der Waals surface area contributed by atoms with Crippen LogP contribution in [0.3, 0.4) is 0 Å². The summed E-state index contributed by atoms with van der Waals surface area (Å²) in [7, 11) is 4.26. The Labute approximate surface area is 123 Å². The first kappa shape index (κ1) is 13.6. The van der Waals surface area contributed by atoms with Crippen molar-refractivity contribution >= 4 is 23.2 Å². The van der Waals surface area contributed by atoms with Gasteiger partial charge in [-0.2, -0.15) is 19.6 Å². The molecule has 0 bridgehead atoms. The molecule has 6 nitrogen and oxygen atoms in total. The van der Waals surface area contributed by atoms with Crippen molar-refractivity contribution in [3.63, 3.8) is 0 Å². The maximum atomic E-state index is 6.23. The van der Waals surface area contributed by atoms with Crippen LogP contribution in [0.15, 0.2) is 6.33 Å². The van der Waals surface area contributed by atoms with E-state index in [-0.39, 0.29) is 0 Å². The fraction of sp³-hybridized carbons (Fsp3) is 0.615. The molecule has 1 atom stereocenters. The largest absolute Gasteiger partial charge is 0.355 e. The lowest BCUT2D eigenvalue weighted by molar-refractivity contribution is 0.247. The zero-order valence-electron chi connectivity index (χ0n) is 12.0. The normalized spacial score (nSPS) is 20.5. The van der Waals surface area contributed by atoms with E-state index in [1.54, 1.807) is 4.52 Å². The number of aromatic nitrogens is 4. The van der Waals surface area contributed by atoms with E-state index in [9.17, 15) is 0 Å². The summed E-state index contributed by atoms with van der Waals surface area (Å²) in [4.78, 5) is 13.0. The first-order valence-electron chi connectivity index (χ1n) is 6.85. The van der Waals surface area contributed by atoms with Crippen molar-refractivity contribution in [3.05, 3.63) is 17.0 Å². The molecule has 3 heterocycles. The second kappa shape index (κ2) is 5.18. The first-order chi connectivity index (χ1) is 9.58. The van der Waals surface area contributed by atoms with Gasteiger partial charge < -0.3 is 9.80 Å². The number of hydrogen-bond donors (Lipinski definition) is 0. The number of likely N-dealkylation sites (N-methyl/N-ethyl adjacent to an activating group) is 2. The van der Waals surface area contributed by atoms with Crippen molar-refractivity contribution in [2.45, 2.75) is 25.8 Å². The predicted octanol–water partition coefficient (Wildman–Crippen LogP) is 1.62. The lowest BCUT2D eigenvalue weighted by Crippen LogP contribution is -2.46. The van der Waals surface area contributed by atoms with Crippen molar-refractivity contribution in [2.24, 2.45) is 0 Å². The predicted molar refractivity (Wildman–Crippen MR) is 79.5 cm³/mol. The average molecular weight is 295 g/mol. The number of likely N-dealkylation sites (tertiary alicyclic amines) is 1. The van der Waals surface area contributed by atoms with E-state index < -0.39 is 0 Å². The Morgan fingerprint density at radius 2 is 2.25 bits per heavy atom. The molecule has 0 radical (unpaired) electrons. The SMILES string of the molecule is Cc1c(Cl)nc2ncnn2c1N(C)C1CCCN(C)C1. The van der Waals surface area contributed by atoms with Crippen LogP contribution in [0.4, 0.5) is 5.82 Å². The van der Waals surface area contributed by atoms with Crippen molar-refractivity contribution in [3.8, 4) is 0 Å². The minimum Gasteiger partial charge on any atom is -0.355 e. The molecule has 0 aromatic carbocycles. The third-order valence-electron chi connectivity index (χ3n) is 4.05. The molecule has 20 heavy (non-hydrogen) atoms. The van der Waals surface area contributed by atoms with E-state index in [0.717, 1.165) is 17.9 Å². The summed E-state index contributed by atoms with van der Waals surface area (Å²) in [6.45, 7) is 4.19. The van der Waals surface area contributed by atoms with E-state index in [0.29, 0.717) is 17.0 Å². The lowest BCUT2D eigenvalue weighted by atomic mass is 10.0. The van der Waals surface area contributed by atoms with Gasteiger partial charge in [0.25, 0.3) is 5.78 Å². The second-order valence-corrected chi connectivity index (χ2v) is 5.85. The number of nitrogens with zero attached hydrogens (tertiary/aromatic N) is 6. The summed E-state index contributed by atoms with van der Waals surface area (Å²) in [5, 5.41) is 4.78. The van der Waals surface area contributed by atoms with Crippen LogP contribution in [0, 0.1) is 6.92 Å². The molecule has 0 saturated carbocycles. The molecule has 1 aliphatic heterocycles. The van der Waals surface area contributed by atoms with Crippen LogP contribution in [0.2, 0.25) is 5.15 Å². The number of fused-ring (bicyclic) bond motifs is 1. The summed E-state index contributed by atoms with van der Waals surface area (Å²) >= 11 is 6.23. The highest BCUT2D eigenvalue weighted by Gasteiger charge is 2.25. The van der Waals surface area contributed by atoms with E-state index in [4.69, 9.17) is 11.6 Å². The van der Waals surface area contributed by atoms with E-state index in [1.807, 2.05) is 6.92 Å². The first-order valence-corrected chi connectivity index (χ1v) is 7.23. The smallest absolute Gasteiger partial charge is 0.255 e. The van der Waals surface area contributed by atoms with Crippen molar-refractivity contribution in [1.29, 1.82) is 0 Å². The van der Waals surface area contributed by atoms with Gasteiger partial charge in [0.05, 0.1) is 0 Å². The highest BCUT2D eigenvalue weighted by molar-refractivity contribution is 6.30. The van der Waals surface area contributed by atoms with Crippen molar-refractivity contribution < 1.29 is 0 Å². The Bertz CT molecular complexity index is 625. The molecule has 0 aliphatic carbocycles. The fourth-order valence-corrected chi connectivity index (χ4v) is 3.09. The standard InChI is InChI=1S/C13H19ClN6/c1-9-11(14)17-13-15-8-16-20(13)12(9)19(3)10-5-4-6-18(2)7-10/h8,10H,4-7H2,1-3H3. The Hall–Kier alpha value is -1.40. The molecule has 0 amide bonds. The molecular formula is C13H19ClN6. The van der Waals surface area contributed by atoms with E-state index in [1.165, 1.54) is 25.7 Å². The van der Waals surface area contributed by atoms with Gasteiger partial charge in [-0.1, -0.05) is 11.6 Å².